The number of benzene rings is 1. The molecule has 1 aromatic carbocycles. The second-order valence-electron chi connectivity index (χ2n) is 2.66. The first-order valence-corrected chi connectivity index (χ1v) is 4.38. The van der Waals surface area contributed by atoms with Gasteiger partial charge in [0.25, 0.3) is 0 Å². The van der Waals surface area contributed by atoms with Crippen molar-refractivity contribution in [3.63, 3.8) is 0 Å². The average molecular weight is 190 g/mol. The highest BCUT2D eigenvalue weighted by atomic mass is 35.5. The summed E-state index contributed by atoms with van der Waals surface area (Å²) < 4.78 is 1.97. The Morgan fingerprint density at radius 1 is 1.15 bits per heavy atom. The van der Waals surface area contributed by atoms with E-state index in [1.165, 1.54) is 0 Å². The lowest BCUT2D eigenvalue weighted by atomic mass is 10.3. The third-order valence-electron chi connectivity index (χ3n) is 1.79. The van der Waals surface area contributed by atoms with Gasteiger partial charge in [0.05, 0.1) is 0 Å². The van der Waals surface area contributed by atoms with Gasteiger partial charge in [-0.15, -0.1) is 0 Å². The average Bonchev–Trinajstić information content (AvgIpc) is 2.20. The molecule has 1 nitrogen and oxygen atoms in total. The topological polar surface area (TPSA) is 3.88 Å². The molecule has 0 unspecified atom stereocenters. The van der Waals surface area contributed by atoms with E-state index >= 15 is 0 Å². The van der Waals surface area contributed by atoms with Crippen molar-refractivity contribution in [1.29, 1.82) is 0 Å². The molecule has 0 aliphatic rings. The zero-order chi connectivity index (χ0) is 9.10. The lowest BCUT2D eigenvalue weighted by Gasteiger charge is -1.95. The molecule has 1 radical (unpaired) electrons. The molecule has 2 rings (SSSR count). The summed E-state index contributed by atoms with van der Waals surface area (Å²) in [7, 11) is 0. The van der Waals surface area contributed by atoms with E-state index in [1.807, 2.05) is 47.3 Å². The van der Waals surface area contributed by atoms with Gasteiger partial charge in [0.2, 0.25) is 5.69 Å². The van der Waals surface area contributed by atoms with Crippen LogP contribution in [0.15, 0.2) is 48.8 Å². The first kappa shape index (κ1) is 8.27. The fourth-order valence-electron chi connectivity index (χ4n) is 1.17. The molecule has 13 heavy (non-hydrogen) atoms. The Balaban J connectivity index is 2.54. The van der Waals surface area contributed by atoms with Crippen LogP contribution in [0.2, 0.25) is 5.02 Å². The van der Waals surface area contributed by atoms with E-state index in [4.69, 9.17) is 11.6 Å². The van der Waals surface area contributed by atoms with Gasteiger partial charge in [0, 0.05) is 18.2 Å². The maximum absolute atomic E-state index is 6.01. The molecule has 0 atom stereocenters. The quantitative estimate of drug-likeness (QED) is 0.607. The van der Waals surface area contributed by atoms with Crippen LogP contribution in [-0.2, 0) is 0 Å². The maximum Gasteiger partial charge on any atom is 0.229 e. The van der Waals surface area contributed by atoms with Crippen LogP contribution in [0.5, 0.6) is 0 Å². The van der Waals surface area contributed by atoms with E-state index < -0.39 is 0 Å². The molecular weight excluding hydrogens is 182 g/mol. The minimum atomic E-state index is 0.707. The number of aromatic nitrogens is 1. The van der Waals surface area contributed by atoms with Crippen LogP contribution in [0.25, 0.3) is 5.69 Å². The molecule has 0 amide bonds. The summed E-state index contributed by atoms with van der Waals surface area (Å²) in [5.41, 5.74) is 0.973. The summed E-state index contributed by atoms with van der Waals surface area (Å²) in [5.74, 6) is 0. The largest absolute Gasteiger partial charge is 0.229 e. The number of halogens is 1. The first-order valence-electron chi connectivity index (χ1n) is 4.00. The van der Waals surface area contributed by atoms with Gasteiger partial charge in [-0.25, -0.2) is 0 Å². The molecule has 0 aliphatic heterocycles. The molecule has 0 spiro atoms. The second kappa shape index (κ2) is 3.58. The molecule has 63 valence electrons. The Morgan fingerprint density at radius 2 is 1.92 bits per heavy atom. The van der Waals surface area contributed by atoms with Crippen molar-refractivity contribution in [3.05, 3.63) is 59.9 Å². The fourth-order valence-corrected chi connectivity index (χ4v) is 1.39. The van der Waals surface area contributed by atoms with E-state index in [0.717, 1.165) is 5.69 Å². The zero-order valence-electron chi connectivity index (χ0n) is 6.94. The standard InChI is InChI=1S/C11H8ClN/c12-10-6-2-3-7-11(10)13-8-4-1-5-9-13/h1,3-9H/q+1. The molecule has 2 heteroatoms. The lowest BCUT2D eigenvalue weighted by molar-refractivity contribution is -0.595. The summed E-state index contributed by atoms with van der Waals surface area (Å²) >= 11 is 6.01. The molecule has 0 saturated heterocycles. The summed E-state index contributed by atoms with van der Waals surface area (Å²) in [6.45, 7) is 0. The van der Waals surface area contributed by atoms with E-state index in [9.17, 15) is 0 Å². The van der Waals surface area contributed by atoms with E-state index in [0.29, 0.717) is 5.02 Å². The van der Waals surface area contributed by atoms with Crippen LogP contribution in [0.3, 0.4) is 0 Å². The monoisotopic (exact) mass is 189 g/mol. The van der Waals surface area contributed by atoms with Crippen LogP contribution in [0, 0.1) is 6.07 Å². The summed E-state index contributed by atoms with van der Waals surface area (Å²) in [4.78, 5) is 0. The number of nitrogens with zero attached hydrogens (tertiary/aromatic N) is 1. The molecule has 0 N–H and O–H groups in total. The molecule has 1 heterocycles. The Labute approximate surface area is 82.2 Å². The van der Waals surface area contributed by atoms with Gasteiger partial charge < -0.3 is 0 Å². The smallest absolute Gasteiger partial charge is 0.166 e. The number of hydrogen-bond acceptors (Lipinski definition) is 0. The molecule has 1 aromatic heterocycles. The van der Waals surface area contributed by atoms with Crippen LogP contribution in [0.4, 0.5) is 0 Å². The summed E-state index contributed by atoms with van der Waals surface area (Å²) in [6.07, 6.45) is 3.92. The lowest BCUT2D eigenvalue weighted by Crippen LogP contribution is -2.29. The Kier molecular flexibility index (Phi) is 2.28. The predicted molar refractivity (Wildman–Crippen MR) is 51.8 cm³/mol. The Hall–Kier alpha value is -1.34. The van der Waals surface area contributed by atoms with Gasteiger partial charge in [-0.1, -0.05) is 17.7 Å². The zero-order valence-corrected chi connectivity index (χ0v) is 7.70. The third-order valence-corrected chi connectivity index (χ3v) is 2.09. The first-order chi connectivity index (χ1) is 6.38. The summed E-state index contributed by atoms with van der Waals surface area (Å²) in [6, 6.07) is 14.4. The number of hydrogen-bond donors (Lipinski definition) is 0. The minimum Gasteiger partial charge on any atom is -0.166 e. The fraction of sp³-hybridized carbons (Fsp3) is 0. The predicted octanol–water partition coefficient (Wildman–Crippen LogP) is 2.42. The highest BCUT2D eigenvalue weighted by Gasteiger charge is 2.07. The molecule has 0 bridgehead atoms. The summed E-state index contributed by atoms with van der Waals surface area (Å²) in [5, 5.41) is 0.707. The number of pyridine rings is 1. The van der Waals surface area contributed by atoms with Crippen molar-refractivity contribution in [3.8, 4) is 5.69 Å². The van der Waals surface area contributed by atoms with Crippen molar-refractivity contribution in [2.45, 2.75) is 0 Å². The van der Waals surface area contributed by atoms with Gasteiger partial charge >= 0.3 is 0 Å². The highest BCUT2D eigenvalue weighted by Crippen LogP contribution is 2.13. The van der Waals surface area contributed by atoms with Crippen molar-refractivity contribution in [1.82, 2.24) is 0 Å². The van der Waals surface area contributed by atoms with Crippen molar-refractivity contribution in [2.24, 2.45) is 0 Å². The van der Waals surface area contributed by atoms with Crippen molar-refractivity contribution < 1.29 is 4.57 Å². The van der Waals surface area contributed by atoms with Crippen molar-refractivity contribution in [2.75, 3.05) is 0 Å². The minimum absolute atomic E-state index is 0.707. The van der Waals surface area contributed by atoms with Crippen LogP contribution >= 0.6 is 11.6 Å². The SMILES string of the molecule is Clc1c[c]ccc1-[n+]1ccccc1. The van der Waals surface area contributed by atoms with Gasteiger partial charge in [-0.2, -0.15) is 4.57 Å². The van der Waals surface area contributed by atoms with Gasteiger partial charge in [-0.3, -0.25) is 0 Å². The molecule has 0 saturated carbocycles. The van der Waals surface area contributed by atoms with Crippen molar-refractivity contribution >= 4 is 11.6 Å². The van der Waals surface area contributed by atoms with Gasteiger partial charge in [0.1, 0.15) is 5.02 Å². The third kappa shape index (κ3) is 1.70. The van der Waals surface area contributed by atoms with Crippen LogP contribution in [-0.4, -0.2) is 0 Å². The van der Waals surface area contributed by atoms with E-state index in [1.54, 1.807) is 6.07 Å². The Morgan fingerprint density at radius 3 is 2.62 bits per heavy atom. The van der Waals surface area contributed by atoms with Gasteiger partial charge in [0.15, 0.2) is 12.4 Å². The van der Waals surface area contributed by atoms with E-state index in [2.05, 4.69) is 6.07 Å². The maximum atomic E-state index is 6.01. The van der Waals surface area contributed by atoms with Crippen LogP contribution < -0.4 is 4.57 Å². The number of rotatable bonds is 1. The molecule has 0 fully saturated rings. The Bertz CT molecular complexity index is 398. The highest BCUT2D eigenvalue weighted by molar-refractivity contribution is 6.32. The molecule has 0 aliphatic carbocycles. The van der Waals surface area contributed by atoms with Crippen LogP contribution in [0.1, 0.15) is 0 Å². The second-order valence-corrected chi connectivity index (χ2v) is 3.07. The molecular formula is C11H8ClN+. The van der Waals surface area contributed by atoms with E-state index in [-0.39, 0.29) is 0 Å². The normalized spacial score (nSPS) is 9.92. The van der Waals surface area contributed by atoms with Gasteiger partial charge in [-0.05, 0) is 18.2 Å². The molecule has 2 aromatic rings.